The van der Waals surface area contributed by atoms with E-state index < -0.39 is 6.10 Å². The summed E-state index contributed by atoms with van der Waals surface area (Å²) >= 11 is 5.48. The van der Waals surface area contributed by atoms with Crippen LogP contribution in [0.1, 0.15) is 11.7 Å². The number of para-hydroxylation sites is 1. The Hall–Kier alpha value is -2.11. The van der Waals surface area contributed by atoms with Crippen LogP contribution in [0.5, 0.6) is 0 Å². The number of thiocarbonyl (C=S) groups is 1. The minimum atomic E-state index is -0.547. The van der Waals surface area contributed by atoms with Crippen molar-refractivity contribution < 1.29 is 5.11 Å². The minimum Gasteiger partial charge on any atom is -0.387 e. The van der Waals surface area contributed by atoms with Gasteiger partial charge in [0.15, 0.2) is 5.11 Å². The molecular weight excluding hydrogens is 318 g/mol. The van der Waals surface area contributed by atoms with E-state index in [9.17, 15) is 5.11 Å². The van der Waals surface area contributed by atoms with Gasteiger partial charge in [0.1, 0.15) is 0 Å². The number of benzene rings is 2. The molecule has 2 aromatic carbocycles. The summed E-state index contributed by atoms with van der Waals surface area (Å²) in [5, 5.41) is 14.1. The molecule has 24 heavy (non-hydrogen) atoms. The molecule has 2 N–H and O–H groups in total. The van der Waals surface area contributed by atoms with Crippen LogP contribution in [0.2, 0.25) is 0 Å². The number of hydrogen-bond acceptors (Lipinski definition) is 3. The Morgan fingerprint density at radius 2 is 1.54 bits per heavy atom. The van der Waals surface area contributed by atoms with Crippen molar-refractivity contribution in [1.29, 1.82) is 0 Å². The Morgan fingerprint density at radius 1 is 0.958 bits per heavy atom. The first-order valence-corrected chi connectivity index (χ1v) is 8.70. The monoisotopic (exact) mass is 341 g/mol. The molecule has 1 heterocycles. The van der Waals surface area contributed by atoms with Crippen molar-refractivity contribution in [3.05, 3.63) is 66.2 Å². The van der Waals surface area contributed by atoms with Gasteiger partial charge in [-0.25, -0.2) is 0 Å². The van der Waals surface area contributed by atoms with Crippen LogP contribution in [0.4, 0.5) is 5.69 Å². The molecule has 1 saturated heterocycles. The Labute approximate surface area is 148 Å². The molecule has 5 heteroatoms. The Morgan fingerprint density at radius 3 is 2.17 bits per heavy atom. The summed E-state index contributed by atoms with van der Waals surface area (Å²) < 4.78 is 0. The minimum absolute atomic E-state index is 0.432. The molecule has 3 rings (SSSR count). The number of rotatable bonds is 4. The van der Waals surface area contributed by atoms with Gasteiger partial charge >= 0.3 is 0 Å². The van der Waals surface area contributed by atoms with Crippen LogP contribution < -0.4 is 10.2 Å². The summed E-state index contributed by atoms with van der Waals surface area (Å²) in [4.78, 5) is 4.55. The molecule has 1 unspecified atom stereocenters. The summed E-state index contributed by atoms with van der Waals surface area (Å²) in [7, 11) is 0. The molecule has 0 aliphatic carbocycles. The average Bonchev–Trinajstić information content (AvgIpc) is 2.67. The maximum absolute atomic E-state index is 10.2. The Balaban J connectivity index is 1.45. The summed E-state index contributed by atoms with van der Waals surface area (Å²) in [6.45, 7) is 4.12. The van der Waals surface area contributed by atoms with Gasteiger partial charge in [0.05, 0.1) is 6.10 Å². The van der Waals surface area contributed by atoms with Crippen LogP contribution in [0, 0.1) is 0 Å². The number of piperazine rings is 1. The molecule has 1 fully saturated rings. The van der Waals surface area contributed by atoms with Gasteiger partial charge in [0, 0.05) is 38.4 Å². The van der Waals surface area contributed by atoms with Gasteiger partial charge in [0.2, 0.25) is 0 Å². The second-order valence-electron chi connectivity index (χ2n) is 5.92. The van der Waals surface area contributed by atoms with E-state index >= 15 is 0 Å². The molecule has 0 saturated carbocycles. The van der Waals surface area contributed by atoms with Crippen molar-refractivity contribution in [2.75, 3.05) is 37.6 Å². The molecule has 2 aromatic rings. The lowest BCUT2D eigenvalue weighted by Crippen LogP contribution is -2.52. The van der Waals surface area contributed by atoms with Crippen LogP contribution in [0.25, 0.3) is 0 Å². The number of hydrogen-bond donors (Lipinski definition) is 2. The molecule has 1 aliphatic heterocycles. The number of anilines is 1. The first-order valence-electron chi connectivity index (χ1n) is 8.30. The van der Waals surface area contributed by atoms with Crippen molar-refractivity contribution in [2.45, 2.75) is 6.10 Å². The summed E-state index contributed by atoms with van der Waals surface area (Å²) in [6.07, 6.45) is -0.547. The largest absolute Gasteiger partial charge is 0.387 e. The zero-order chi connectivity index (χ0) is 16.8. The Kier molecular flexibility index (Phi) is 5.67. The first-order chi connectivity index (χ1) is 11.7. The number of aliphatic hydroxyl groups is 1. The molecule has 0 bridgehead atoms. The molecule has 126 valence electrons. The predicted molar refractivity (Wildman–Crippen MR) is 102 cm³/mol. The fraction of sp³-hybridized carbons (Fsp3) is 0.316. The maximum atomic E-state index is 10.2. The van der Waals surface area contributed by atoms with Gasteiger partial charge < -0.3 is 20.2 Å². The van der Waals surface area contributed by atoms with E-state index in [2.05, 4.69) is 39.4 Å². The van der Waals surface area contributed by atoms with E-state index in [4.69, 9.17) is 12.2 Å². The molecule has 0 aromatic heterocycles. The number of nitrogens with zero attached hydrogens (tertiary/aromatic N) is 2. The highest BCUT2D eigenvalue weighted by Gasteiger charge is 2.19. The van der Waals surface area contributed by atoms with Crippen LogP contribution in [-0.2, 0) is 0 Å². The smallest absolute Gasteiger partial charge is 0.169 e. The number of nitrogens with one attached hydrogen (secondary N) is 1. The van der Waals surface area contributed by atoms with E-state index in [1.165, 1.54) is 5.69 Å². The number of aliphatic hydroxyl groups excluding tert-OH is 1. The highest BCUT2D eigenvalue weighted by atomic mass is 32.1. The van der Waals surface area contributed by atoms with Crippen molar-refractivity contribution in [3.63, 3.8) is 0 Å². The average molecular weight is 341 g/mol. The molecule has 1 atom stereocenters. The zero-order valence-electron chi connectivity index (χ0n) is 13.6. The van der Waals surface area contributed by atoms with Crippen molar-refractivity contribution in [2.24, 2.45) is 0 Å². The summed E-state index contributed by atoms with van der Waals surface area (Å²) in [6, 6.07) is 20.1. The second kappa shape index (κ2) is 8.13. The summed E-state index contributed by atoms with van der Waals surface area (Å²) in [5.41, 5.74) is 2.16. The van der Waals surface area contributed by atoms with Crippen molar-refractivity contribution in [1.82, 2.24) is 10.2 Å². The highest BCUT2D eigenvalue weighted by molar-refractivity contribution is 7.80. The third kappa shape index (κ3) is 4.24. The van der Waals surface area contributed by atoms with Crippen LogP contribution in [0.15, 0.2) is 60.7 Å². The molecule has 0 radical (unpaired) electrons. The van der Waals surface area contributed by atoms with Crippen LogP contribution >= 0.6 is 12.2 Å². The third-order valence-corrected chi connectivity index (χ3v) is 4.72. The second-order valence-corrected chi connectivity index (χ2v) is 6.31. The van der Waals surface area contributed by atoms with Gasteiger partial charge in [-0.05, 0) is 29.9 Å². The fourth-order valence-corrected chi connectivity index (χ4v) is 3.16. The van der Waals surface area contributed by atoms with Crippen molar-refractivity contribution >= 4 is 23.0 Å². The lowest BCUT2D eigenvalue weighted by Gasteiger charge is -2.37. The topological polar surface area (TPSA) is 38.7 Å². The van der Waals surface area contributed by atoms with Crippen LogP contribution in [0.3, 0.4) is 0 Å². The van der Waals surface area contributed by atoms with E-state index in [-0.39, 0.29) is 0 Å². The highest BCUT2D eigenvalue weighted by Crippen LogP contribution is 2.16. The van der Waals surface area contributed by atoms with E-state index in [1.807, 2.05) is 36.4 Å². The van der Waals surface area contributed by atoms with Gasteiger partial charge in [-0.2, -0.15) is 0 Å². The van der Waals surface area contributed by atoms with Gasteiger partial charge in [-0.15, -0.1) is 0 Å². The fourth-order valence-electron chi connectivity index (χ4n) is 2.90. The zero-order valence-corrected chi connectivity index (χ0v) is 14.5. The van der Waals surface area contributed by atoms with E-state index in [0.29, 0.717) is 6.54 Å². The molecular formula is C19H23N3OS. The predicted octanol–water partition coefficient (Wildman–Crippen LogP) is 2.42. The standard InChI is InChI=1S/C19H23N3OS/c23-18(16-7-3-1-4-8-16)15-20-19(24)22-13-11-21(12-14-22)17-9-5-2-6-10-17/h1-10,18,23H,11-15H2,(H,20,24). The lowest BCUT2D eigenvalue weighted by molar-refractivity contribution is 0.179. The maximum Gasteiger partial charge on any atom is 0.169 e. The normalized spacial score (nSPS) is 15.9. The quantitative estimate of drug-likeness (QED) is 0.836. The van der Waals surface area contributed by atoms with Crippen LogP contribution in [-0.4, -0.2) is 47.8 Å². The van der Waals surface area contributed by atoms with E-state index in [0.717, 1.165) is 36.9 Å². The molecule has 0 amide bonds. The Bertz CT molecular complexity index is 642. The van der Waals surface area contributed by atoms with Crippen molar-refractivity contribution in [3.8, 4) is 0 Å². The summed E-state index contributed by atoms with van der Waals surface area (Å²) in [5.74, 6) is 0. The van der Waals surface area contributed by atoms with E-state index in [1.54, 1.807) is 0 Å². The molecule has 0 spiro atoms. The van der Waals surface area contributed by atoms with Gasteiger partial charge in [-0.1, -0.05) is 48.5 Å². The first kappa shape index (κ1) is 16.7. The third-order valence-electron chi connectivity index (χ3n) is 4.32. The SMILES string of the molecule is OC(CNC(=S)N1CCN(c2ccccc2)CC1)c1ccccc1. The molecule has 4 nitrogen and oxygen atoms in total. The van der Waals surface area contributed by atoms with Gasteiger partial charge in [-0.3, -0.25) is 0 Å². The molecule has 1 aliphatic rings. The lowest BCUT2D eigenvalue weighted by atomic mass is 10.1. The van der Waals surface area contributed by atoms with Gasteiger partial charge in [0.25, 0.3) is 0 Å².